The fourth-order valence-corrected chi connectivity index (χ4v) is 7.41. The van der Waals surface area contributed by atoms with Crippen LogP contribution in [0.1, 0.15) is 23.2 Å². The van der Waals surface area contributed by atoms with Crippen molar-refractivity contribution in [2.45, 2.75) is 12.8 Å². The molecule has 6 aromatic carbocycles. The van der Waals surface area contributed by atoms with E-state index in [1.807, 2.05) is 6.07 Å². The zero-order valence-electron chi connectivity index (χ0n) is 25.2. The first-order valence-corrected chi connectivity index (χ1v) is 15.8. The predicted octanol–water partition coefficient (Wildman–Crippen LogP) is 10.9. The summed E-state index contributed by atoms with van der Waals surface area (Å²) in [6.07, 6.45) is 6.55. The van der Waals surface area contributed by atoms with Gasteiger partial charge in [0, 0.05) is 44.2 Å². The second-order valence-electron chi connectivity index (χ2n) is 12.0. The lowest BCUT2D eigenvalue weighted by Gasteiger charge is -2.18. The smallest absolute Gasteiger partial charge is 0.0998 e. The highest BCUT2D eigenvalue weighted by atomic mass is 15.0. The normalized spacial score (nSPS) is 12.5. The van der Waals surface area contributed by atoms with E-state index in [0.717, 1.165) is 46.5 Å². The molecule has 3 heteroatoms. The summed E-state index contributed by atoms with van der Waals surface area (Å²) in [4.78, 5) is 0. The predicted molar refractivity (Wildman–Crippen MR) is 191 cm³/mol. The molecule has 3 nitrogen and oxygen atoms in total. The zero-order chi connectivity index (χ0) is 30.6. The fourth-order valence-electron chi connectivity index (χ4n) is 7.41. The molecule has 9 rings (SSSR count). The van der Waals surface area contributed by atoms with Crippen molar-refractivity contribution in [1.29, 1.82) is 5.26 Å². The molecule has 0 radical (unpaired) electrons. The molecule has 216 valence electrons. The number of benzene rings is 6. The number of hydrogen-bond donors (Lipinski definition) is 0. The van der Waals surface area contributed by atoms with Crippen LogP contribution >= 0.6 is 0 Å². The summed E-state index contributed by atoms with van der Waals surface area (Å²) >= 11 is 0. The summed E-state index contributed by atoms with van der Waals surface area (Å²) in [5.74, 6) is 0. The molecule has 8 aromatic rings. The molecule has 0 saturated heterocycles. The summed E-state index contributed by atoms with van der Waals surface area (Å²) in [5, 5.41) is 14.1. The third-order valence-electron chi connectivity index (χ3n) is 9.44. The van der Waals surface area contributed by atoms with Crippen molar-refractivity contribution in [1.82, 2.24) is 9.13 Å². The van der Waals surface area contributed by atoms with Crippen molar-refractivity contribution in [2.24, 2.45) is 0 Å². The summed E-state index contributed by atoms with van der Waals surface area (Å²) in [7, 11) is 0. The van der Waals surface area contributed by atoms with Crippen LogP contribution in [-0.4, -0.2) is 9.13 Å². The lowest BCUT2D eigenvalue weighted by molar-refractivity contribution is 0.889. The summed E-state index contributed by atoms with van der Waals surface area (Å²) in [6, 6.07) is 51.9. The van der Waals surface area contributed by atoms with Crippen molar-refractivity contribution in [3.05, 3.63) is 162 Å². The van der Waals surface area contributed by atoms with Crippen LogP contribution in [0.4, 0.5) is 0 Å². The molecule has 46 heavy (non-hydrogen) atoms. The molecule has 2 heterocycles. The molecular formula is C43H29N3. The Bertz CT molecular complexity index is 2500. The van der Waals surface area contributed by atoms with Gasteiger partial charge in [0.2, 0.25) is 0 Å². The minimum atomic E-state index is 0.667. The monoisotopic (exact) mass is 587 g/mol. The van der Waals surface area contributed by atoms with E-state index in [2.05, 4.69) is 161 Å². The molecule has 1 aliphatic rings. The lowest BCUT2D eigenvalue weighted by atomic mass is 9.93. The molecule has 0 unspecified atom stereocenters. The molecule has 0 saturated carbocycles. The van der Waals surface area contributed by atoms with Gasteiger partial charge >= 0.3 is 0 Å². The van der Waals surface area contributed by atoms with Crippen LogP contribution in [0.5, 0.6) is 0 Å². The van der Waals surface area contributed by atoms with Crippen LogP contribution in [0.3, 0.4) is 0 Å². The van der Waals surface area contributed by atoms with E-state index >= 15 is 0 Å². The summed E-state index contributed by atoms with van der Waals surface area (Å²) < 4.78 is 4.77. The van der Waals surface area contributed by atoms with E-state index in [4.69, 9.17) is 0 Å². The van der Waals surface area contributed by atoms with E-state index in [0.29, 0.717) is 5.56 Å². The maximum Gasteiger partial charge on any atom is 0.0998 e. The van der Waals surface area contributed by atoms with Crippen LogP contribution in [0.15, 0.2) is 146 Å². The number of nitrogens with zero attached hydrogens (tertiary/aromatic N) is 3. The number of rotatable bonds is 4. The number of nitriles is 1. The van der Waals surface area contributed by atoms with Crippen LogP contribution in [0.25, 0.3) is 72.4 Å². The van der Waals surface area contributed by atoms with Crippen LogP contribution in [0.2, 0.25) is 0 Å². The van der Waals surface area contributed by atoms with Gasteiger partial charge in [-0.05, 0) is 72.5 Å². The van der Waals surface area contributed by atoms with Gasteiger partial charge < -0.3 is 9.13 Å². The van der Waals surface area contributed by atoms with Crippen molar-refractivity contribution in [3.8, 4) is 39.7 Å². The Kier molecular flexibility index (Phi) is 6.01. The second kappa shape index (κ2) is 10.5. The number of fused-ring (bicyclic) bond motifs is 6. The molecule has 0 amide bonds. The van der Waals surface area contributed by atoms with E-state index in [1.54, 1.807) is 0 Å². The van der Waals surface area contributed by atoms with E-state index in [9.17, 15) is 5.26 Å². The number of para-hydroxylation sites is 4. The fraction of sp³-hybridized carbons (Fsp3) is 0.0465. The average Bonchev–Trinajstić information content (AvgIpc) is 3.64. The second-order valence-corrected chi connectivity index (χ2v) is 12.0. The van der Waals surface area contributed by atoms with Gasteiger partial charge in [0.25, 0.3) is 0 Å². The van der Waals surface area contributed by atoms with Gasteiger partial charge in [-0.15, -0.1) is 0 Å². The minimum Gasteiger partial charge on any atom is -0.312 e. The molecule has 2 aromatic heterocycles. The maximum absolute atomic E-state index is 10.3. The van der Waals surface area contributed by atoms with Crippen molar-refractivity contribution < 1.29 is 0 Å². The minimum absolute atomic E-state index is 0.667. The Hall–Kier alpha value is -6.11. The highest BCUT2D eigenvalue weighted by molar-refractivity contribution is 6.09. The largest absolute Gasteiger partial charge is 0.312 e. The molecule has 0 N–H and O–H groups in total. The van der Waals surface area contributed by atoms with Crippen molar-refractivity contribution in [2.75, 3.05) is 0 Å². The Labute approximate surface area is 267 Å². The first-order chi connectivity index (χ1) is 22.8. The van der Waals surface area contributed by atoms with Gasteiger partial charge in [0.15, 0.2) is 0 Å². The van der Waals surface area contributed by atoms with Crippen molar-refractivity contribution in [3.63, 3.8) is 0 Å². The standard InChI is InChI=1S/C43H29N3/c44-28-31-25-24-30(29-12-11-13-32(26-29)45-39-19-6-1-14-33(39)34-15-2-7-20-40(34)45)27-38(31)37-18-5-10-23-43(37)46-41-21-8-3-16-35(41)36-17-4-9-22-42(36)46/h1-8,10-21,23-27H,9,22H2. The Morgan fingerprint density at radius 2 is 1.20 bits per heavy atom. The summed E-state index contributed by atoms with van der Waals surface area (Å²) in [5.41, 5.74) is 13.2. The van der Waals surface area contributed by atoms with E-state index in [1.165, 1.54) is 44.0 Å². The Morgan fingerprint density at radius 3 is 1.96 bits per heavy atom. The van der Waals surface area contributed by atoms with Gasteiger partial charge in [-0.1, -0.05) is 103 Å². The van der Waals surface area contributed by atoms with Crippen LogP contribution < -0.4 is 0 Å². The quantitative estimate of drug-likeness (QED) is 0.202. The first kappa shape index (κ1) is 26.3. The van der Waals surface area contributed by atoms with Gasteiger partial charge in [-0.25, -0.2) is 0 Å². The third kappa shape index (κ3) is 3.98. The molecular weight excluding hydrogens is 558 g/mol. The average molecular weight is 588 g/mol. The van der Waals surface area contributed by atoms with Gasteiger partial charge in [0.05, 0.1) is 33.9 Å². The van der Waals surface area contributed by atoms with Gasteiger partial charge in [-0.3, -0.25) is 0 Å². The Morgan fingerprint density at radius 1 is 0.543 bits per heavy atom. The van der Waals surface area contributed by atoms with Crippen molar-refractivity contribution >= 4 is 38.8 Å². The topological polar surface area (TPSA) is 33.6 Å². The molecule has 0 fully saturated rings. The lowest BCUT2D eigenvalue weighted by Crippen LogP contribution is -2.05. The van der Waals surface area contributed by atoms with E-state index in [-0.39, 0.29) is 0 Å². The first-order valence-electron chi connectivity index (χ1n) is 15.8. The molecule has 0 bridgehead atoms. The third-order valence-corrected chi connectivity index (χ3v) is 9.44. The van der Waals surface area contributed by atoms with Gasteiger partial charge in [-0.2, -0.15) is 5.26 Å². The Balaban J connectivity index is 1.23. The van der Waals surface area contributed by atoms with Crippen LogP contribution in [-0.2, 0) is 6.42 Å². The number of hydrogen-bond acceptors (Lipinski definition) is 1. The molecule has 0 spiro atoms. The summed E-state index contributed by atoms with van der Waals surface area (Å²) in [6.45, 7) is 0. The SMILES string of the molecule is N#Cc1ccc(-c2cccc(-n3c4ccccc4c4ccccc43)c2)cc1-c1ccccc1-n1c2c(c3ccccc31)C=CCC2. The highest BCUT2D eigenvalue weighted by Gasteiger charge is 2.21. The number of allylic oxidation sites excluding steroid dienone is 1. The molecule has 0 aliphatic heterocycles. The van der Waals surface area contributed by atoms with Crippen LogP contribution in [0, 0.1) is 11.3 Å². The zero-order valence-corrected chi connectivity index (χ0v) is 25.2. The molecule has 0 atom stereocenters. The molecule has 1 aliphatic carbocycles. The number of aromatic nitrogens is 2. The maximum atomic E-state index is 10.3. The van der Waals surface area contributed by atoms with Gasteiger partial charge in [0.1, 0.15) is 0 Å². The van der Waals surface area contributed by atoms with E-state index < -0.39 is 0 Å². The highest BCUT2D eigenvalue weighted by Crippen LogP contribution is 2.40.